The maximum atomic E-state index is 11.0. The molecule has 76 valence electrons. The number of rotatable bonds is 3. The molecule has 0 aliphatic heterocycles. The molecule has 14 heavy (non-hydrogen) atoms. The number of nitrogens with one attached hydrogen (secondary N) is 1. The Hall–Kier alpha value is -0.810. The van der Waals surface area contributed by atoms with Crippen LogP contribution in [0.15, 0.2) is 23.2 Å². The van der Waals surface area contributed by atoms with Gasteiger partial charge in [0.25, 0.3) is 9.05 Å². The largest absolute Gasteiger partial charge is 0.367 e. The van der Waals surface area contributed by atoms with E-state index in [-0.39, 0.29) is 4.90 Å². The number of anilines is 1. The zero-order valence-electron chi connectivity index (χ0n) is 7.27. The molecular formula is C8H9ClN2O2S. The zero-order chi connectivity index (χ0) is 10.2. The summed E-state index contributed by atoms with van der Waals surface area (Å²) in [7, 11) is 1.55. The van der Waals surface area contributed by atoms with Gasteiger partial charge in [-0.2, -0.15) is 0 Å². The van der Waals surface area contributed by atoms with Crippen molar-refractivity contribution in [2.45, 2.75) is 23.8 Å². The van der Waals surface area contributed by atoms with Crippen molar-refractivity contribution in [3.05, 3.63) is 18.3 Å². The molecule has 1 fully saturated rings. The molecule has 0 radical (unpaired) electrons. The summed E-state index contributed by atoms with van der Waals surface area (Å²) in [6.07, 6.45) is 3.65. The van der Waals surface area contributed by atoms with E-state index >= 15 is 0 Å². The molecule has 0 atom stereocenters. The van der Waals surface area contributed by atoms with Crippen LogP contribution in [0.4, 0.5) is 5.82 Å². The van der Waals surface area contributed by atoms with Crippen molar-refractivity contribution >= 4 is 25.6 Å². The van der Waals surface area contributed by atoms with Gasteiger partial charge in [0.05, 0.1) is 4.90 Å². The fourth-order valence-electron chi connectivity index (χ4n) is 1.08. The van der Waals surface area contributed by atoms with E-state index < -0.39 is 9.05 Å². The summed E-state index contributed by atoms with van der Waals surface area (Å²) >= 11 is 0. The predicted octanol–water partition coefficient (Wildman–Crippen LogP) is 1.58. The Bertz CT molecular complexity index is 442. The molecule has 4 nitrogen and oxygen atoms in total. The summed E-state index contributed by atoms with van der Waals surface area (Å²) in [6.45, 7) is 0. The van der Waals surface area contributed by atoms with E-state index in [9.17, 15) is 8.42 Å². The Kier molecular flexibility index (Phi) is 2.36. The molecule has 1 saturated carbocycles. The summed E-state index contributed by atoms with van der Waals surface area (Å²) < 4.78 is 22.0. The third-order valence-electron chi connectivity index (χ3n) is 1.94. The highest BCUT2D eigenvalue weighted by molar-refractivity contribution is 8.13. The maximum absolute atomic E-state index is 11.0. The van der Waals surface area contributed by atoms with E-state index in [1.807, 2.05) is 0 Å². The molecule has 1 N–H and O–H groups in total. The lowest BCUT2D eigenvalue weighted by atomic mass is 10.4. The van der Waals surface area contributed by atoms with Gasteiger partial charge in [0, 0.05) is 29.0 Å². The van der Waals surface area contributed by atoms with Crippen molar-refractivity contribution in [1.82, 2.24) is 4.98 Å². The standard InChI is InChI=1S/C8H9ClN2O2S/c9-14(12,13)7-3-4-10-8(5-7)11-6-1-2-6/h3-6H,1-2H2,(H,10,11). The molecule has 6 heteroatoms. The van der Waals surface area contributed by atoms with Crippen LogP contribution in [0.3, 0.4) is 0 Å². The SMILES string of the molecule is O=S(=O)(Cl)c1ccnc(NC2CC2)c1. The van der Waals surface area contributed by atoms with Crippen molar-refractivity contribution < 1.29 is 8.42 Å². The lowest BCUT2D eigenvalue weighted by Gasteiger charge is -2.03. The predicted molar refractivity (Wildman–Crippen MR) is 53.9 cm³/mol. The third-order valence-corrected chi connectivity index (χ3v) is 3.29. The van der Waals surface area contributed by atoms with Crippen LogP contribution in [0.2, 0.25) is 0 Å². The summed E-state index contributed by atoms with van der Waals surface area (Å²) in [6, 6.07) is 3.26. The Morgan fingerprint density at radius 2 is 2.21 bits per heavy atom. The number of nitrogens with zero attached hydrogens (tertiary/aromatic N) is 1. The Morgan fingerprint density at radius 3 is 2.79 bits per heavy atom. The minimum Gasteiger partial charge on any atom is -0.367 e. The summed E-state index contributed by atoms with van der Waals surface area (Å²) in [5.74, 6) is 0.564. The van der Waals surface area contributed by atoms with Crippen LogP contribution in [0, 0.1) is 0 Å². The Morgan fingerprint density at radius 1 is 1.50 bits per heavy atom. The van der Waals surface area contributed by atoms with Crippen LogP contribution in [-0.2, 0) is 9.05 Å². The van der Waals surface area contributed by atoms with E-state index in [2.05, 4.69) is 10.3 Å². The topological polar surface area (TPSA) is 59.1 Å². The second-order valence-corrected chi connectivity index (χ2v) is 5.80. The Balaban J connectivity index is 2.26. The molecule has 0 spiro atoms. The quantitative estimate of drug-likeness (QED) is 0.804. The highest BCUT2D eigenvalue weighted by Gasteiger charge is 2.21. The smallest absolute Gasteiger partial charge is 0.261 e. The molecule has 2 rings (SSSR count). The van der Waals surface area contributed by atoms with Crippen molar-refractivity contribution in [3.63, 3.8) is 0 Å². The van der Waals surface area contributed by atoms with Crippen LogP contribution in [0.5, 0.6) is 0 Å². The highest BCUT2D eigenvalue weighted by atomic mass is 35.7. The molecule has 0 bridgehead atoms. The van der Waals surface area contributed by atoms with Gasteiger partial charge in [-0.05, 0) is 18.9 Å². The lowest BCUT2D eigenvalue weighted by molar-refractivity contribution is 0.609. The van der Waals surface area contributed by atoms with Gasteiger partial charge in [-0.1, -0.05) is 0 Å². The van der Waals surface area contributed by atoms with Crippen molar-refractivity contribution in [2.24, 2.45) is 0 Å². The molecule has 1 aliphatic carbocycles. The van der Waals surface area contributed by atoms with Crippen LogP contribution >= 0.6 is 10.7 Å². The van der Waals surface area contributed by atoms with E-state index in [0.717, 1.165) is 12.8 Å². The molecule has 0 aromatic carbocycles. The van der Waals surface area contributed by atoms with Gasteiger partial charge in [0.2, 0.25) is 0 Å². The van der Waals surface area contributed by atoms with Gasteiger partial charge in [-0.3, -0.25) is 0 Å². The third kappa shape index (κ3) is 2.36. The number of aromatic nitrogens is 1. The normalized spacial score (nSPS) is 16.6. The molecular weight excluding hydrogens is 224 g/mol. The maximum Gasteiger partial charge on any atom is 0.261 e. The minimum atomic E-state index is -3.65. The first-order chi connectivity index (χ1) is 6.55. The van der Waals surface area contributed by atoms with Crippen molar-refractivity contribution in [1.29, 1.82) is 0 Å². The summed E-state index contributed by atoms with van der Waals surface area (Å²) in [5.41, 5.74) is 0. The van der Waals surface area contributed by atoms with Crippen molar-refractivity contribution in [3.8, 4) is 0 Å². The zero-order valence-corrected chi connectivity index (χ0v) is 8.85. The van der Waals surface area contributed by atoms with Crippen LogP contribution in [-0.4, -0.2) is 19.4 Å². The molecule has 0 amide bonds. The second kappa shape index (κ2) is 3.40. The van der Waals surface area contributed by atoms with E-state index in [1.54, 1.807) is 0 Å². The lowest BCUT2D eigenvalue weighted by Crippen LogP contribution is -2.03. The molecule has 0 saturated heterocycles. The highest BCUT2D eigenvalue weighted by Crippen LogP contribution is 2.25. The number of hydrogen-bond donors (Lipinski definition) is 1. The molecule has 0 unspecified atom stereocenters. The van der Waals surface area contributed by atoms with Gasteiger partial charge in [-0.25, -0.2) is 13.4 Å². The monoisotopic (exact) mass is 232 g/mol. The average Bonchev–Trinajstić information content (AvgIpc) is 2.87. The number of pyridine rings is 1. The number of halogens is 1. The number of hydrogen-bond acceptors (Lipinski definition) is 4. The second-order valence-electron chi connectivity index (χ2n) is 3.23. The van der Waals surface area contributed by atoms with E-state index in [4.69, 9.17) is 10.7 Å². The molecule has 1 heterocycles. The summed E-state index contributed by atoms with van der Waals surface area (Å²) in [5, 5.41) is 3.09. The van der Waals surface area contributed by atoms with Gasteiger partial charge in [-0.15, -0.1) is 0 Å². The first-order valence-corrected chi connectivity index (χ1v) is 6.54. The first kappa shape index (κ1) is 9.73. The molecule has 1 aliphatic rings. The first-order valence-electron chi connectivity index (χ1n) is 4.23. The van der Waals surface area contributed by atoms with Crippen LogP contribution < -0.4 is 5.32 Å². The van der Waals surface area contributed by atoms with Gasteiger partial charge < -0.3 is 5.32 Å². The molecule has 1 aromatic rings. The van der Waals surface area contributed by atoms with Gasteiger partial charge in [0.1, 0.15) is 5.82 Å². The summed E-state index contributed by atoms with van der Waals surface area (Å²) in [4.78, 5) is 4.08. The van der Waals surface area contributed by atoms with Crippen LogP contribution in [0.1, 0.15) is 12.8 Å². The van der Waals surface area contributed by atoms with E-state index in [0.29, 0.717) is 11.9 Å². The Labute approximate surface area is 86.7 Å². The van der Waals surface area contributed by atoms with Crippen LogP contribution in [0.25, 0.3) is 0 Å². The van der Waals surface area contributed by atoms with Gasteiger partial charge in [0.15, 0.2) is 0 Å². The van der Waals surface area contributed by atoms with Gasteiger partial charge >= 0.3 is 0 Å². The van der Waals surface area contributed by atoms with Crippen molar-refractivity contribution in [2.75, 3.05) is 5.32 Å². The minimum absolute atomic E-state index is 0.0808. The fraction of sp³-hybridized carbons (Fsp3) is 0.375. The molecule has 1 aromatic heterocycles. The van der Waals surface area contributed by atoms with E-state index in [1.165, 1.54) is 18.3 Å². The average molecular weight is 233 g/mol. The fourth-order valence-corrected chi connectivity index (χ4v) is 1.84.